The van der Waals surface area contributed by atoms with Crippen LogP contribution < -0.4 is 9.47 Å². The number of pyridine rings is 1. The maximum atomic E-state index is 10.0. The molecule has 1 aromatic carbocycles. The summed E-state index contributed by atoms with van der Waals surface area (Å²) in [6.07, 6.45) is 5.34. The molecule has 3 rings (SSSR count). The van der Waals surface area contributed by atoms with Gasteiger partial charge in [0, 0.05) is 12.3 Å². The molecular formula is C18H17N3O3. The maximum absolute atomic E-state index is 10.0. The van der Waals surface area contributed by atoms with Gasteiger partial charge in [0.2, 0.25) is 5.88 Å². The molecule has 122 valence electrons. The minimum absolute atomic E-state index is 0.0284. The van der Waals surface area contributed by atoms with Gasteiger partial charge in [0.05, 0.1) is 19.9 Å². The topological polar surface area (TPSA) is 69.4 Å². The van der Waals surface area contributed by atoms with Crippen LogP contribution in [0.1, 0.15) is 11.3 Å². The van der Waals surface area contributed by atoms with E-state index in [1.165, 1.54) is 4.68 Å². The number of hydrogen-bond acceptors (Lipinski definition) is 5. The fourth-order valence-corrected chi connectivity index (χ4v) is 2.26. The summed E-state index contributed by atoms with van der Waals surface area (Å²) in [5, 5.41) is 14.4. The van der Waals surface area contributed by atoms with E-state index in [0.717, 1.165) is 5.56 Å². The summed E-state index contributed by atoms with van der Waals surface area (Å²) in [6.45, 7) is 0. The first-order valence-electron chi connectivity index (χ1n) is 7.32. The summed E-state index contributed by atoms with van der Waals surface area (Å²) >= 11 is 0. The number of benzene rings is 1. The second-order valence-electron chi connectivity index (χ2n) is 4.97. The molecule has 0 aliphatic heterocycles. The first-order chi connectivity index (χ1) is 11.7. The fourth-order valence-electron chi connectivity index (χ4n) is 2.26. The molecule has 2 aromatic heterocycles. The number of ether oxygens (including phenoxy) is 2. The van der Waals surface area contributed by atoms with Gasteiger partial charge in [-0.25, -0.2) is 4.98 Å². The first-order valence-corrected chi connectivity index (χ1v) is 7.32. The number of aromatic hydroxyl groups is 1. The average molecular weight is 323 g/mol. The average Bonchev–Trinajstić information content (AvgIpc) is 3.01. The number of aromatic nitrogens is 3. The summed E-state index contributed by atoms with van der Waals surface area (Å²) in [5.41, 5.74) is 1.55. The van der Waals surface area contributed by atoms with Crippen molar-refractivity contribution in [3.8, 4) is 23.2 Å². The van der Waals surface area contributed by atoms with Gasteiger partial charge in [-0.2, -0.15) is 9.78 Å². The summed E-state index contributed by atoms with van der Waals surface area (Å²) in [4.78, 5) is 4.17. The highest BCUT2D eigenvalue weighted by Crippen LogP contribution is 2.28. The molecule has 6 heteroatoms. The van der Waals surface area contributed by atoms with E-state index in [4.69, 9.17) is 9.47 Å². The SMILES string of the molecule is COc1ccc(/C=C/c2cc(O)n(-c3ccccn3)n2)cc1OC. The van der Waals surface area contributed by atoms with E-state index in [1.807, 2.05) is 36.4 Å². The Hall–Kier alpha value is -3.28. The van der Waals surface area contributed by atoms with Crippen molar-refractivity contribution in [2.45, 2.75) is 0 Å². The van der Waals surface area contributed by atoms with Crippen LogP contribution in [0.15, 0.2) is 48.7 Å². The van der Waals surface area contributed by atoms with Gasteiger partial charge in [0.25, 0.3) is 0 Å². The summed E-state index contributed by atoms with van der Waals surface area (Å²) in [7, 11) is 3.19. The molecule has 24 heavy (non-hydrogen) atoms. The van der Waals surface area contributed by atoms with Crippen LogP contribution in [-0.2, 0) is 0 Å². The summed E-state index contributed by atoms with van der Waals surface area (Å²) in [6, 6.07) is 12.6. The maximum Gasteiger partial charge on any atom is 0.216 e. The van der Waals surface area contributed by atoms with Crippen molar-refractivity contribution in [3.63, 3.8) is 0 Å². The van der Waals surface area contributed by atoms with Crippen molar-refractivity contribution in [2.75, 3.05) is 14.2 Å². The molecule has 0 radical (unpaired) electrons. The molecule has 0 atom stereocenters. The standard InChI is InChI=1S/C18H17N3O3/c1-23-15-9-7-13(11-16(15)24-2)6-8-14-12-18(22)21(20-14)17-5-3-4-10-19-17/h3-12,22H,1-2H3/b8-6+. The van der Waals surface area contributed by atoms with Crippen LogP contribution in [0.2, 0.25) is 0 Å². The van der Waals surface area contributed by atoms with Gasteiger partial charge in [0.15, 0.2) is 17.3 Å². The van der Waals surface area contributed by atoms with Crippen LogP contribution in [-0.4, -0.2) is 34.1 Å². The smallest absolute Gasteiger partial charge is 0.216 e. The van der Waals surface area contributed by atoms with Crippen LogP contribution in [0.5, 0.6) is 17.4 Å². The Morgan fingerprint density at radius 2 is 1.83 bits per heavy atom. The van der Waals surface area contributed by atoms with Crippen molar-refractivity contribution in [1.29, 1.82) is 0 Å². The van der Waals surface area contributed by atoms with Gasteiger partial charge in [0.1, 0.15) is 0 Å². The minimum Gasteiger partial charge on any atom is -0.493 e. The van der Waals surface area contributed by atoms with Gasteiger partial charge in [-0.1, -0.05) is 18.2 Å². The van der Waals surface area contributed by atoms with E-state index in [0.29, 0.717) is 23.0 Å². The van der Waals surface area contributed by atoms with Crippen molar-refractivity contribution in [2.24, 2.45) is 0 Å². The second-order valence-corrected chi connectivity index (χ2v) is 4.97. The molecule has 0 bridgehead atoms. The van der Waals surface area contributed by atoms with E-state index in [1.54, 1.807) is 38.6 Å². The third kappa shape index (κ3) is 3.22. The number of rotatable bonds is 5. The zero-order chi connectivity index (χ0) is 16.9. The molecule has 0 aliphatic carbocycles. The van der Waals surface area contributed by atoms with E-state index < -0.39 is 0 Å². The Morgan fingerprint density at radius 1 is 1.00 bits per heavy atom. The highest BCUT2D eigenvalue weighted by molar-refractivity contribution is 5.70. The molecular weight excluding hydrogens is 306 g/mol. The number of nitrogens with zero attached hydrogens (tertiary/aromatic N) is 3. The van der Waals surface area contributed by atoms with Gasteiger partial charge < -0.3 is 14.6 Å². The normalized spacial score (nSPS) is 10.9. The van der Waals surface area contributed by atoms with Gasteiger partial charge in [-0.15, -0.1) is 0 Å². The molecule has 6 nitrogen and oxygen atoms in total. The molecule has 0 saturated heterocycles. The Bertz CT molecular complexity index is 857. The summed E-state index contributed by atoms with van der Waals surface area (Å²) < 4.78 is 11.9. The molecule has 2 heterocycles. The minimum atomic E-state index is 0.0284. The lowest BCUT2D eigenvalue weighted by molar-refractivity contribution is 0.355. The zero-order valence-electron chi connectivity index (χ0n) is 13.4. The van der Waals surface area contributed by atoms with Crippen LogP contribution in [0.3, 0.4) is 0 Å². The van der Waals surface area contributed by atoms with Crippen molar-refractivity contribution < 1.29 is 14.6 Å². The lowest BCUT2D eigenvalue weighted by atomic mass is 10.2. The Morgan fingerprint density at radius 3 is 2.54 bits per heavy atom. The first kappa shape index (κ1) is 15.6. The van der Waals surface area contributed by atoms with Crippen molar-refractivity contribution in [1.82, 2.24) is 14.8 Å². The van der Waals surface area contributed by atoms with Crippen LogP contribution in [0.25, 0.3) is 18.0 Å². The highest BCUT2D eigenvalue weighted by Gasteiger charge is 2.07. The van der Waals surface area contributed by atoms with Crippen molar-refractivity contribution in [3.05, 3.63) is 59.9 Å². The van der Waals surface area contributed by atoms with Gasteiger partial charge in [-0.3, -0.25) is 0 Å². The molecule has 0 saturated carbocycles. The molecule has 0 aliphatic rings. The molecule has 0 unspecified atom stereocenters. The Labute approximate surface area is 139 Å². The summed E-state index contributed by atoms with van der Waals surface area (Å²) in [5.74, 6) is 1.91. The molecule has 1 N–H and O–H groups in total. The monoisotopic (exact) mass is 323 g/mol. The second kappa shape index (κ2) is 6.87. The third-order valence-electron chi connectivity index (χ3n) is 3.43. The Kier molecular flexibility index (Phi) is 4.47. The molecule has 0 amide bonds. The van der Waals surface area contributed by atoms with Gasteiger partial charge >= 0.3 is 0 Å². The van der Waals surface area contributed by atoms with Gasteiger partial charge in [-0.05, 0) is 35.9 Å². The Balaban J connectivity index is 1.85. The van der Waals surface area contributed by atoms with Crippen LogP contribution in [0, 0.1) is 0 Å². The van der Waals surface area contributed by atoms with Crippen LogP contribution >= 0.6 is 0 Å². The molecule has 0 spiro atoms. The third-order valence-corrected chi connectivity index (χ3v) is 3.43. The fraction of sp³-hybridized carbons (Fsp3) is 0.111. The predicted octanol–water partition coefficient (Wildman–Crippen LogP) is 3.16. The molecule has 0 fully saturated rings. The largest absolute Gasteiger partial charge is 0.493 e. The quantitative estimate of drug-likeness (QED) is 0.781. The van der Waals surface area contributed by atoms with E-state index in [-0.39, 0.29) is 5.88 Å². The van der Waals surface area contributed by atoms with E-state index >= 15 is 0 Å². The van der Waals surface area contributed by atoms with E-state index in [9.17, 15) is 5.11 Å². The van der Waals surface area contributed by atoms with E-state index in [2.05, 4.69) is 10.1 Å². The highest BCUT2D eigenvalue weighted by atomic mass is 16.5. The van der Waals surface area contributed by atoms with Crippen LogP contribution in [0.4, 0.5) is 0 Å². The molecule has 3 aromatic rings. The number of hydrogen-bond donors (Lipinski definition) is 1. The lowest BCUT2D eigenvalue weighted by Gasteiger charge is -2.07. The van der Waals surface area contributed by atoms with Crippen molar-refractivity contribution >= 4 is 12.2 Å². The number of methoxy groups -OCH3 is 2. The predicted molar refractivity (Wildman–Crippen MR) is 91.5 cm³/mol. The zero-order valence-corrected chi connectivity index (χ0v) is 13.4. The lowest BCUT2D eigenvalue weighted by Crippen LogP contribution is -1.98.